The van der Waals surface area contributed by atoms with Crippen molar-refractivity contribution >= 4 is 46.6 Å². The van der Waals surface area contributed by atoms with E-state index < -0.39 is 82.1 Å². The van der Waals surface area contributed by atoms with Crippen molar-refractivity contribution in [2.45, 2.75) is 55.5 Å². The minimum Gasteiger partial charge on any atom is -0.872 e. The van der Waals surface area contributed by atoms with Crippen molar-refractivity contribution in [1.29, 1.82) is 0 Å². The molecule has 0 saturated carbocycles. The zero-order valence-corrected chi connectivity index (χ0v) is 43.4. The maximum atomic E-state index is 14.2. The van der Waals surface area contributed by atoms with Gasteiger partial charge >= 0.3 is 95.8 Å². The normalized spacial score (nSPS) is 12.8. The molecule has 0 bridgehead atoms. The molecule has 0 aliphatic rings. The molecule has 2 aromatic heterocycles. The van der Waals surface area contributed by atoms with Gasteiger partial charge in [-0.15, -0.1) is 0 Å². The first-order valence-corrected chi connectivity index (χ1v) is 20.9. The molecule has 2 N–H and O–H groups in total. The first kappa shape index (κ1) is 63.4. The summed E-state index contributed by atoms with van der Waals surface area (Å²) in [5.41, 5.74) is -12.2. The largest absolute Gasteiger partial charge is 1.00 e. The summed E-state index contributed by atoms with van der Waals surface area (Å²) in [6.07, 6.45) is -17.4. The molecule has 10 nitrogen and oxygen atoms in total. The Morgan fingerprint density at radius 3 is 1.08 bits per heavy atom. The van der Waals surface area contributed by atoms with Crippen LogP contribution in [0.3, 0.4) is 0 Å². The van der Waals surface area contributed by atoms with Gasteiger partial charge in [0.15, 0.2) is 0 Å². The van der Waals surface area contributed by atoms with Gasteiger partial charge in [-0.3, -0.25) is 0 Å². The molecule has 4 aromatic carbocycles. The van der Waals surface area contributed by atoms with Crippen molar-refractivity contribution in [3.05, 3.63) is 167 Å². The maximum Gasteiger partial charge on any atom is 1.00 e. The Bertz CT molecular complexity index is 2750. The number of furan rings is 2. The van der Waals surface area contributed by atoms with Gasteiger partial charge in [0.2, 0.25) is 0 Å². The Morgan fingerprint density at radius 2 is 0.838 bits per heavy atom. The summed E-state index contributed by atoms with van der Waals surface area (Å²) in [6, 6.07) is 12.3. The van der Waals surface area contributed by atoms with Gasteiger partial charge in [-0.05, 0) is 82.9 Å². The molecule has 0 unspecified atom stereocenters. The van der Waals surface area contributed by atoms with E-state index in [0.717, 1.165) is 24.3 Å². The van der Waals surface area contributed by atoms with Crippen LogP contribution in [0.2, 0.25) is 0 Å². The monoisotopic (exact) mass is 1120 g/mol. The number of carbonyl (C=O) groups is 2. The number of carboxylic acid groups (broad SMARTS) is 2. The van der Waals surface area contributed by atoms with Crippen LogP contribution in [0.4, 0.5) is 61.5 Å². The molecule has 0 aliphatic heterocycles. The second kappa shape index (κ2) is 24.8. The molecule has 28 heteroatoms. The van der Waals surface area contributed by atoms with Crippen molar-refractivity contribution in [3.63, 3.8) is 0 Å². The summed E-state index contributed by atoms with van der Waals surface area (Å²) in [6.45, 7) is 0. The Labute approximate surface area is 460 Å². The minimum atomic E-state index is -5.97. The number of hydrogen-bond acceptors (Lipinski definition) is 10. The number of carboxylic acids is 2. The van der Waals surface area contributed by atoms with Gasteiger partial charge in [0.05, 0.1) is 25.1 Å². The van der Waals surface area contributed by atoms with Crippen molar-refractivity contribution in [2.24, 2.45) is 0 Å². The van der Waals surface area contributed by atoms with Crippen LogP contribution in [-0.2, 0) is 30.3 Å². The summed E-state index contributed by atoms with van der Waals surface area (Å²) in [5.74, 6) is -6.91. The zero-order chi connectivity index (χ0) is 53.8. The first-order valence-electron chi connectivity index (χ1n) is 19.3. The maximum absolute atomic E-state index is 14.2. The average Bonchev–Trinajstić information content (AvgIpc) is 3.97. The van der Waals surface area contributed by atoms with Gasteiger partial charge in [-0.1, -0.05) is 59.3 Å². The first-order chi connectivity index (χ1) is 33.4. The molecule has 74 heavy (non-hydrogen) atoms. The van der Waals surface area contributed by atoms with Crippen LogP contribution < -0.4 is 69.3 Å². The van der Waals surface area contributed by atoms with E-state index in [1.165, 1.54) is 61.5 Å². The molecule has 0 spiro atoms. The summed E-state index contributed by atoms with van der Waals surface area (Å²) in [4.78, 5) is 21.7. The van der Waals surface area contributed by atoms with Crippen molar-refractivity contribution in [1.82, 2.24) is 0 Å². The third-order valence-corrected chi connectivity index (χ3v) is 11.8. The smallest absolute Gasteiger partial charge is 0.872 e. The number of ether oxygens (including phenoxy) is 2. The van der Waals surface area contributed by atoms with Crippen molar-refractivity contribution in [3.8, 4) is 11.5 Å². The Balaban J connectivity index is 0.000000380. The van der Waals surface area contributed by atoms with Crippen LogP contribution in [0.1, 0.15) is 33.4 Å². The number of hydrogen-bond donors (Lipinski definition) is 2. The third kappa shape index (κ3) is 13.9. The van der Waals surface area contributed by atoms with Crippen molar-refractivity contribution in [2.75, 3.05) is 14.2 Å². The number of rotatable bonds is 14. The number of methoxy groups -OCH3 is 2. The molecule has 384 valence electrons. The predicted octanol–water partition coefficient (Wildman–Crippen LogP) is 6.26. The standard InChI is InChI=1S/2C23H15F7O5S.2Na/c2*1-34-21(22(25,26)27,23(28,29)30)13-6-14(24)8-16(7-13)36-15-2-3-17(19(31)9-15)18(10-20(32)33)12-4-5-35-11-12;;/h2*2-11,31H,1H3,(H,32,33);;/q;;2*+1/p-2. The number of benzene rings is 4. The van der Waals surface area contributed by atoms with E-state index in [4.69, 9.17) is 19.0 Å². The van der Waals surface area contributed by atoms with Gasteiger partial charge in [0.25, 0.3) is 11.2 Å². The number of halogens is 14. The van der Waals surface area contributed by atoms with E-state index in [-0.39, 0.29) is 138 Å². The molecule has 6 rings (SSSR count). The van der Waals surface area contributed by atoms with Gasteiger partial charge in [-0.2, -0.15) is 52.7 Å². The number of aliphatic carboxylic acids is 2. The predicted molar refractivity (Wildman–Crippen MR) is 221 cm³/mol. The van der Waals surface area contributed by atoms with E-state index >= 15 is 0 Å². The molecular weight excluding hydrogens is 1090 g/mol. The molecular formula is C46H28F14Na2O10S2. The van der Waals surface area contributed by atoms with Crippen LogP contribution in [0, 0.1) is 11.6 Å². The van der Waals surface area contributed by atoms with E-state index in [1.807, 2.05) is 0 Å². The Hall–Kier alpha value is -4.90. The molecule has 0 atom stereocenters. The van der Waals surface area contributed by atoms with Crippen LogP contribution in [0.5, 0.6) is 11.5 Å². The third-order valence-electron chi connectivity index (χ3n) is 9.92. The second-order valence-corrected chi connectivity index (χ2v) is 16.7. The van der Waals surface area contributed by atoms with E-state index in [9.17, 15) is 81.3 Å². The topological polar surface area (TPSA) is 165 Å². The van der Waals surface area contributed by atoms with Crippen LogP contribution in [-0.4, -0.2) is 61.1 Å². The fraction of sp³-hybridized carbons (Fsp3) is 0.174. The van der Waals surface area contributed by atoms with Crippen LogP contribution in [0.15, 0.2) is 151 Å². The van der Waals surface area contributed by atoms with Crippen LogP contribution >= 0.6 is 23.5 Å². The second-order valence-electron chi connectivity index (χ2n) is 14.4. The molecule has 0 amide bonds. The van der Waals surface area contributed by atoms with Gasteiger partial charge in [0.1, 0.15) is 11.6 Å². The van der Waals surface area contributed by atoms with Crippen molar-refractivity contribution < 1.29 is 169 Å². The summed E-state index contributed by atoms with van der Waals surface area (Å²) >= 11 is 1.05. The SMILES string of the molecule is COC(c1cc(F)cc(Sc2ccc(C(=CC(=O)O)c3ccoc3)c([O-])c2)c1)(C(F)(F)F)C(F)(F)F.COC(c1cc(F)cc(Sc2ccc(C(=CC(=O)O)c3ccoc3)c([O-])c2)c1)(C(F)(F)F)C(F)(F)F.[Na+].[Na+]. The van der Waals surface area contributed by atoms with Crippen LogP contribution in [0.25, 0.3) is 11.1 Å². The molecule has 0 saturated heterocycles. The molecule has 2 heterocycles. The van der Waals surface area contributed by atoms with Gasteiger partial charge < -0.3 is 38.7 Å². The fourth-order valence-corrected chi connectivity index (χ4v) is 8.75. The molecule has 0 fully saturated rings. The van der Waals surface area contributed by atoms with E-state index in [1.54, 1.807) is 0 Å². The van der Waals surface area contributed by atoms with E-state index in [2.05, 4.69) is 9.47 Å². The van der Waals surface area contributed by atoms with E-state index in [0.29, 0.717) is 47.8 Å². The van der Waals surface area contributed by atoms with Gasteiger partial charge in [-0.25, -0.2) is 18.4 Å². The Morgan fingerprint density at radius 1 is 0.514 bits per heavy atom. The fourth-order valence-electron chi connectivity index (χ4n) is 6.89. The summed E-state index contributed by atoms with van der Waals surface area (Å²) in [5, 5.41) is 43.6. The minimum absolute atomic E-state index is 0. The summed E-state index contributed by atoms with van der Waals surface area (Å²) < 4.78 is 209. The number of alkyl halides is 12. The molecule has 6 aromatic rings. The Kier molecular flexibility index (Phi) is 21.3. The quantitative estimate of drug-likeness (QED) is 0.0716. The average molecular weight is 1120 g/mol. The molecule has 0 radical (unpaired) electrons. The molecule has 0 aliphatic carbocycles. The summed E-state index contributed by atoms with van der Waals surface area (Å²) in [7, 11) is 0.423. The van der Waals surface area contributed by atoms with Gasteiger partial charge in [0, 0.05) is 68.2 Å². The zero-order valence-electron chi connectivity index (χ0n) is 37.8.